The molecule has 1 heterocycles. The molecule has 0 aliphatic carbocycles. The number of benzene rings is 1. The second-order valence-corrected chi connectivity index (χ2v) is 5.10. The van der Waals surface area contributed by atoms with Crippen LogP contribution < -0.4 is 5.32 Å². The van der Waals surface area contributed by atoms with Crippen LogP contribution in [0.5, 0.6) is 0 Å². The van der Waals surface area contributed by atoms with Gasteiger partial charge in [0.15, 0.2) is 0 Å². The van der Waals surface area contributed by atoms with E-state index in [0.29, 0.717) is 16.5 Å². The highest BCUT2D eigenvalue weighted by Crippen LogP contribution is 2.27. The normalized spacial score (nSPS) is 13.9. The number of aromatic nitrogens is 2. The van der Waals surface area contributed by atoms with Crippen molar-refractivity contribution in [1.29, 1.82) is 0 Å². The molecular formula is C14H16ClN3O. The van der Waals surface area contributed by atoms with Gasteiger partial charge in [-0.05, 0) is 25.5 Å². The van der Waals surface area contributed by atoms with Gasteiger partial charge in [0.05, 0.1) is 6.54 Å². The van der Waals surface area contributed by atoms with Gasteiger partial charge in [-0.3, -0.25) is 0 Å². The van der Waals surface area contributed by atoms with Crippen LogP contribution in [0.2, 0.25) is 5.02 Å². The molecule has 1 unspecified atom stereocenters. The van der Waals surface area contributed by atoms with E-state index >= 15 is 0 Å². The molecule has 0 bridgehead atoms. The van der Waals surface area contributed by atoms with Gasteiger partial charge >= 0.3 is 0 Å². The molecule has 0 saturated carbocycles. The van der Waals surface area contributed by atoms with E-state index in [4.69, 9.17) is 11.6 Å². The average molecular weight is 278 g/mol. The maximum atomic E-state index is 10.5. The van der Waals surface area contributed by atoms with Crippen LogP contribution in [0.3, 0.4) is 0 Å². The summed E-state index contributed by atoms with van der Waals surface area (Å²) in [6, 6.07) is 7.24. The number of hydrogen-bond donors (Lipinski definition) is 2. The first-order valence-corrected chi connectivity index (χ1v) is 6.37. The van der Waals surface area contributed by atoms with E-state index in [-0.39, 0.29) is 6.54 Å². The average Bonchev–Trinajstić information content (AvgIpc) is 2.38. The summed E-state index contributed by atoms with van der Waals surface area (Å²) >= 11 is 6.09. The molecule has 0 radical (unpaired) electrons. The van der Waals surface area contributed by atoms with E-state index in [1.165, 1.54) is 0 Å². The van der Waals surface area contributed by atoms with Crippen LogP contribution in [-0.4, -0.2) is 21.6 Å². The minimum Gasteiger partial charge on any atom is -0.384 e. The number of anilines is 1. The fraction of sp³-hybridized carbons (Fsp3) is 0.286. The SMILES string of the molecule is Cc1cnc(NCC(C)(O)c2ccccc2Cl)nc1. The predicted octanol–water partition coefficient (Wildman–Crippen LogP) is 2.76. The number of nitrogens with zero attached hydrogens (tertiary/aromatic N) is 2. The largest absolute Gasteiger partial charge is 0.384 e. The Bertz CT molecular complexity index is 555. The first kappa shape index (κ1) is 13.8. The Labute approximate surface area is 117 Å². The second kappa shape index (κ2) is 5.55. The van der Waals surface area contributed by atoms with Gasteiger partial charge in [0.2, 0.25) is 5.95 Å². The van der Waals surface area contributed by atoms with Gasteiger partial charge in [0.1, 0.15) is 5.60 Å². The van der Waals surface area contributed by atoms with Crippen LogP contribution in [0, 0.1) is 6.92 Å². The van der Waals surface area contributed by atoms with Crippen LogP contribution in [0.1, 0.15) is 18.1 Å². The number of nitrogens with one attached hydrogen (secondary N) is 1. The lowest BCUT2D eigenvalue weighted by atomic mass is 9.96. The lowest BCUT2D eigenvalue weighted by Gasteiger charge is -2.25. The number of aryl methyl sites for hydroxylation is 1. The van der Waals surface area contributed by atoms with Crippen LogP contribution in [-0.2, 0) is 5.60 Å². The zero-order valence-electron chi connectivity index (χ0n) is 10.9. The first-order chi connectivity index (χ1) is 8.99. The van der Waals surface area contributed by atoms with E-state index < -0.39 is 5.60 Å². The third-order valence-corrected chi connectivity index (χ3v) is 3.16. The minimum atomic E-state index is -1.09. The summed E-state index contributed by atoms with van der Waals surface area (Å²) in [7, 11) is 0. The maximum absolute atomic E-state index is 10.5. The lowest BCUT2D eigenvalue weighted by Crippen LogP contribution is -2.31. The van der Waals surface area contributed by atoms with Gasteiger partial charge in [0.25, 0.3) is 0 Å². The highest BCUT2D eigenvalue weighted by atomic mass is 35.5. The van der Waals surface area contributed by atoms with Crippen molar-refractivity contribution in [2.45, 2.75) is 19.4 Å². The van der Waals surface area contributed by atoms with Crippen molar-refractivity contribution in [2.75, 3.05) is 11.9 Å². The number of halogens is 1. The minimum absolute atomic E-state index is 0.278. The van der Waals surface area contributed by atoms with Crippen molar-refractivity contribution >= 4 is 17.5 Å². The van der Waals surface area contributed by atoms with Crippen LogP contribution in [0.4, 0.5) is 5.95 Å². The smallest absolute Gasteiger partial charge is 0.222 e. The third-order valence-electron chi connectivity index (χ3n) is 2.83. The lowest BCUT2D eigenvalue weighted by molar-refractivity contribution is 0.0714. The first-order valence-electron chi connectivity index (χ1n) is 5.99. The van der Waals surface area contributed by atoms with Crippen molar-refractivity contribution in [3.63, 3.8) is 0 Å². The van der Waals surface area contributed by atoms with Crippen molar-refractivity contribution in [2.24, 2.45) is 0 Å². The van der Waals surface area contributed by atoms with Crippen molar-refractivity contribution in [3.8, 4) is 0 Å². The van der Waals surface area contributed by atoms with Crippen LogP contribution in [0.15, 0.2) is 36.7 Å². The van der Waals surface area contributed by atoms with E-state index in [1.807, 2.05) is 19.1 Å². The molecule has 1 aromatic heterocycles. The van der Waals surface area contributed by atoms with Crippen molar-refractivity contribution in [3.05, 3.63) is 52.8 Å². The standard InChI is InChI=1S/C14H16ClN3O/c1-10-7-16-13(17-8-10)18-9-14(2,19)11-5-3-4-6-12(11)15/h3-8,19H,9H2,1-2H3,(H,16,17,18). The molecule has 0 aliphatic rings. The molecule has 2 aromatic rings. The second-order valence-electron chi connectivity index (χ2n) is 4.69. The molecule has 1 atom stereocenters. The van der Waals surface area contributed by atoms with Crippen LogP contribution in [0.25, 0.3) is 0 Å². The molecule has 4 nitrogen and oxygen atoms in total. The molecule has 19 heavy (non-hydrogen) atoms. The van der Waals surface area contributed by atoms with E-state index in [1.54, 1.807) is 31.5 Å². The van der Waals surface area contributed by atoms with Crippen molar-refractivity contribution < 1.29 is 5.11 Å². The molecule has 100 valence electrons. The number of aliphatic hydroxyl groups is 1. The van der Waals surface area contributed by atoms with Gasteiger partial charge in [-0.15, -0.1) is 0 Å². The summed E-state index contributed by atoms with van der Waals surface area (Å²) in [5.41, 5.74) is 0.576. The third kappa shape index (κ3) is 3.43. The van der Waals surface area contributed by atoms with E-state index in [2.05, 4.69) is 15.3 Å². The molecule has 5 heteroatoms. The highest BCUT2D eigenvalue weighted by molar-refractivity contribution is 6.31. The molecule has 0 aliphatic heterocycles. The van der Waals surface area contributed by atoms with Gasteiger partial charge < -0.3 is 10.4 Å². The Kier molecular flexibility index (Phi) is 4.02. The van der Waals surface area contributed by atoms with Gasteiger partial charge in [0, 0.05) is 23.0 Å². The molecule has 0 amide bonds. The molecule has 2 N–H and O–H groups in total. The van der Waals surface area contributed by atoms with Crippen molar-refractivity contribution in [1.82, 2.24) is 9.97 Å². The van der Waals surface area contributed by atoms with E-state index in [9.17, 15) is 5.11 Å². The summed E-state index contributed by atoms with van der Waals surface area (Å²) in [6.07, 6.45) is 3.44. The topological polar surface area (TPSA) is 58.0 Å². The Morgan fingerprint density at radius 1 is 1.26 bits per heavy atom. The highest BCUT2D eigenvalue weighted by Gasteiger charge is 2.25. The molecular weight excluding hydrogens is 262 g/mol. The Hall–Kier alpha value is -1.65. The number of rotatable bonds is 4. The molecule has 0 spiro atoms. The zero-order chi connectivity index (χ0) is 13.9. The Balaban J connectivity index is 2.09. The fourth-order valence-corrected chi connectivity index (χ4v) is 2.07. The van der Waals surface area contributed by atoms with Crippen LogP contribution >= 0.6 is 11.6 Å². The maximum Gasteiger partial charge on any atom is 0.222 e. The number of hydrogen-bond acceptors (Lipinski definition) is 4. The molecule has 1 aromatic carbocycles. The summed E-state index contributed by atoms with van der Waals surface area (Å²) in [5, 5.41) is 14.0. The predicted molar refractivity (Wildman–Crippen MR) is 76.3 cm³/mol. The molecule has 2 rings (SSSR count). The zero-order valence-corrected chi connectivity index (χ0v) is 11.6. The fourth-order valence-electron chi connectivity index (χ4n) is 1.73. The van der Waals surface area contributed by atoms with Gasteiger partial charge in [-0.2, -0.15) is 0 Å². The van der Waals surface area contributed by atoms with Gasteiger partial charge in [-0.25, -0.2) is 9.97 Å². The summed E-state index contributed by atoms with van der Waals surface area (Å²) in [4.78, 5) is 8.26. The molecule has 0 saturated heterocycles. The molecule has 0 fully saturated rings. The Morgan fingerprint density at radius 2 is 1.89 bits per heavy atom. The summed E-state index contributed by atoms with van der Waals surface area (Å²) < 4.78 is 0. The summed E-state index contributed by atoms with van der Waals surface area (Å²) in [5.74, 6) is 0.484. The Morgan fingerprint density at radius 3 is 2.53 bits per heavy atom. The quantitative estimate of drug-likeness (QED) is 0.902. The summed E-state index contributed by atoms with van der Waals surface area (Å²) in [6.45, 7) is 3.90. The van der Waals surface area contributed by atoms with Gasteiger partial charge in [-0.1, -0.05) is 29.8 Å². The monoisotopic (exact) mass is 277 g/mol. The van der Waals surface area contributed by atoms with E-state index in [0.717, 1.165) is 5.56 Å².